The molecule has 4 nitrogen and oxygen atoms in total. The summed E-state index contributed by atoms with van der Waals surface area (Å²) >= 11 is 0. The van der Waals surface area contributed by atoms with Crippen LogP contribution in [0, 0.1) is 34.5 Å². The molecule has 0 heterocycles. The van der Waals surface area contributed by atoms with Crippen molar-refractivity contribution in [1.82, 2.24) is 0 Å². The van der Waals surface area contributed by atoms with Gasteiger partial charge in [0.25, 0.3) is 0 Å². The van der Waals surface area contributed by atoms with Gasteiger partial charge in [0.15, 0.2) is 0 Å². The van der Waals surface area contributed by atoms with Crippen LogP contribution in [0.3, 0.4) is 0 Å². The van der Waals surface area contributed by atoms with Gasteiger partial charge in [0.1, 0.15) is 5.78 Å². The molecule has 0 aromatic heterocycles. The number of hydrogen-bond donors (Lipinski definition) is 2. The Morgan fingerprint density at radius 2 is 1.93 bits per heavy atom. The zero-order valence-corrected chi connectivity index (χ0v) is 16.7. The predicted molar refractivity (Wildman–Crippen MR) is 103 cm³/mol. The van der Waals surface area contributed by atoms with Gasteiger partial charge in [0.05, 0.1) is 6.10 Å². The Bertz CT molecular complexity index is 667. The van der Waals surface area contributed by atoms with E-state index < -0.39 is 5.97 Å². The Morgan fingerprint density at radius 1 is 1.15 bits per heavy atom. The van der Waals surface area contributed by atoms with E-state index >= 15 is 0 Å². The van der Waals surface area contributed by atoms with Crippen LogP contribution < -0.4 is 0 Å². The normalized spacial score (nSPS) is 48.0. The van der Waals surface area contributed by atoms with Crippen molar-refractivity contribution in [3.63, 3.8) is 0 Å². The van der Waals surface area contributed by atoms with E-state index in [1.54, 1.807) is 0 Å². The lowest BCUT2D eigenvalue weighted by atomic mass is 9.44. The largest absolute Gasteiger partial charge is 0.481 e. The lowest BCUT2D eigenvalue weighted by Crippen LogP contribution is -2.57. The molecule has 27 heavy (non-hydrogen) atoms. The van der Waals surface area contributed by atoms with Crippen molar-refractivity contribution in [2.45, 2.75) is 84.2 Å². The second kappa shape index (κ2) is 6.72. The van der Waals surface area contributed by atoms with Gasteiger partial charge in [-0.05, 0) is 80.5 Å². The number of carboxylic acids is 1. The van der Waals surface area contributed by atoms with Crippen LogP contribution in [0.15, 0.2) is 11.6 Å². The fourth-order valence-electron chi connectivity index (χ4n) is 7.50. The number of aliphatic hydroxyl groups excluding tert-OH is 1. The summed E-state index contributed by atoms with van der Waals surface area (Å²) in [5.74, 6) is 1.57. The monoisotopic (exact) mass is 374 g/mol. The summed E-state index contributed by atoms with van der Waals surface area (Å²) in [7, 11) is 0. The van der Waals surface area contributed by atoms with Crippen LogP contribution in [0.2, 0.25) is 0 Å². The third-order valence-corrected chi connectivity index (χ3v) is 9.08. The fraction of sp³-hybridized carbons (Fsp3) is 0.826. The first kappa shape index (κ1) is 19.2. The van der Waals surface area contributed by atoms with Gasteiger partial charge >= 0.3 is 5.97 Å². The predicted octanol–water partition coefficient (Wildman–Crippen LogP) is 4.36. The van der Waals surface area contributed by atoms with Gasteiger partial charge < -0.3 is 10.2 Å². The van der Waals surface area contributed by atoms with Crippen molar-refractivity contribution >= 4 is 11.8 Å². The first-order valence-electron chi connectivity index (χ1n) is 10.9. The summed E-state index contributed by atoms with van der Waals surface area (Å²) in [6, 6.07) is 0. The van der Waals surface area contributed by atoms with Crippen LogP contribution >= 0.6 is 0 Å². The van der Waals surface area contributed by atoms with Crippen molar-refractivity contribution in [2.75, 3.05) is 0 Å². The number of aliphatic carboxylic acids is 1. The molecule has 7 atom stereocenters. The number of rotatable bonds is 3. The summed E-state index contributed by atoms with van der Waals surface area (Å²) in [4.78, 5) is 23.3. The van der Waals surface area contributed by atoms with Gasteiger partial charge in [-0.25, -0.2) is 0 Å². The van der Waals surface area contributed by atoms with E-state index in [4.69, 9.17) is 5.11 Å². The number of carbonyl (C=O) groups excluding carboxylic acids is 1. The highest BCUT2D eigenvalue weighted by Gasteiger charge is 2.61. The number of aliphatic hydroxyl groups is 1. The highest BCUT2D eigenvalue weighted by molar-refractivity contribution is 5.87. The van der Waals surface area contributed by atoms with Gasteiger partial charge in [0.2, 0.25) is 0 Å². The molecule has 0 spiro atoms. The molecular formula is C23H34O4. The molecule has 0 bridgehead atoms. The Hall–Kier alpha value is -1.16. The number of fused-ring (bicyclic) bond motifs is 5. The van der Waals surface area contributed by atoms with Crippen molar-refractivity contribution in [2.24, 2.45) is 34.5 Å². The van der Waals surface area contributed by atoms with E-state index in [-0.39, 0.29) is 29.3 Å². The number of carboxylic acid groups (broad SMARTS) is 1. The SMILES string of the molecule is C[C@]12CC/C(=C\CCC(=O)O)CC1[C@@H](O)C[C@@H]1[C@@H]2CC[C@]2(C)C(=O)CC[C@@H]12. The highest BCUT2D eigenvalue weighted by atomic mass is 16.4. The summed E-state index contributed by atoms with van der Waals surface area (Å²) in [6.07, 6.45) is 10.4. The molecule has 2 N–H and O–H groups in total. The van der Waals surface area contributed by atoms with Gasteiger partial charge in [-0.1, -0.05) is 25.5 Å². The number of allylic oxidation sites excluding steroid dienone is 2. The molecule has 4 heteroatoms. The zero-order valence-electron chi connectivity index (χ0n) is 16.7. The van der Waals surface area contributed by atoms with E-state index in [9.17, 15) is 14.7 Å². The topological polar surface area (TPSA) is 74.6 Å². The second-order valence-corrected chi connectivity index (χ2v) is 10.2. The maximum Gasteiger partial charge on any atom is 0.303 e. The molecular weight excluding hydrogens is 340 g/mol. The molecule has 0 aromatic rings. The molecule has 4 aliphatic carbocycles. The van der Waals surface area contributed by atoms with Crippen molar-refractivity contribution in [1.29, 1.82) is 0 Å². The minimum atomic E-state index is -0.746. The number of ketones is 1. The number of carbonyl (C=O) groups is 2. The maximum atomic E-state index is 12.5. The number of hydrogen-bond acceptors (Lipinski definition) is 3. The minimum Gasteiger partial charge on any atom is -0.481 e. The van der Waals surface area contributed by atoms with Crippen molar-refractivity contribution < 1.29 is 19.8 Å². The maximum absolute atomic E-state index is 12.5. The Morgan fingerprint density at radius 3 is 2.67 bits per heavy atom. The molecule has 4 saturated carbocycles. The molecule has 1 unspecified atom stereocenters. The molecule has 0 radical (unpaired) electrons. The van der Waals surface area contributed by atoms with E-state index in [1.165, 1.54) is 5.57 Å². The van der Waals surface area contributed by atoms with Crippen molar-refractivity contribution in [3.05, 3.63) is 11.6 Å². The van der Waals surface area contributed by atoms with Gasteiger partial charge in [-0.15, -0.1) is 0 Å². The van der Waals surface area contributed by atoms with Gasteiger partial charge in [0, 0.05) is 18.3 Å². The fourth-order valence-corrected chi connectivity index (χ4v) is 7.50. The molecule has 4 rings (SSSR count). The lowest BCUT2D eigenvalue weighted by molar-refractivity contribution is -0.155. The first-order chi connectivity index (χ1) is 12.8. The van der Waals surface area contributed by atoms with Crippen LogP contribution in [0.4, 0.5) is 0 Å². The Balaban J connectivity index is 1.54. The smallest absolute Gasteiger partial charge is 0.303 e. The van der Waals surface area contributed by atoms with E-state index in [0.717, 1.165) is 51.4 Å². The molecule has 0 saturated heterocycles. The molecule has 150 valence electrons. The zero-order chi connectivity index (χ0) is 19.4. The summed E-state index contributed by atoms with van der Waals surface area (Å²) in [6.45, 7) is 4.58. The Kier molecular flexibility index (Phi) is 4.77. The van der Waals surface area contributed by atoms with Gasteiger partial charge in [-0.3, -0.25) is 9.59 Å². The average Bonchev–Trinajstić information content (AvgIpc) is 2.91. The standard InChI is InChI=1S/C23H34O4/c1-22-10-8-14(4-3-5-21(26)27)12-18(22)19(24)13-15-16-6-7-20(25)23(16,2)11-9-17(15)22/h4,15-19,24H,3,5-13H2,1-2H3,(H,26,27)/b14-4+/t15-,16-,17-,18?,19-,22+,23-/m0/s1. The van der Waals surface area contributed by atoms with E-state index in [1.807, 2.05) is 0 Å². The summed E-state index contributed by atoms with van der Waals surface area (Å²) < 4.78 is 0. The third kappa shape index (κ3) is 2.99. The summed E-state index contributed by atoms with van der Waals surface area (Å²) in [5.41, 5.74) is 1.35. The molecule has 4 aliphatic rings. The average molecular weight is 375 g/mol. The number of Topliss-reactive ketones (excluding diaryl/α,β-unsaturated/α-hetero) is 1. The van der Waals surface area contributed by atoms with Crippen LogP contribution in [-0.2, 0) is 9.59 Å². The first-order valence-corrected chi connectivity index (χ1v) is 10.9. The highest BCUT2D eigenvalue weighted by Crippen LogP contribution is 2.65. The second-order valence-electron chi connectivity index (χ2n) is 10.2. The van der Waals surface area contributed by atoms with Crippen LogP contribution in [-0.4, -0.2) is 28.1 Å². The lowest BCUT2D eigenvalue weighted by Gasteiger charge is -2.61. The minimum absolute atomic E-state index is 0.138. The van der Waals surface area contributed by atoms with Crippen LogP contribution in [0.5, 0.6) is 0 Å². The molecule has 0 amide bonds. The summed E-state index contributed by atoms with van der Waals surface area (Å²) in [5, 5.41) is 20.0. The Labute approximate surface area is 162 Å². The third-order valence-electron chi connectivity index (χ3n) is 9.08. The van der Waals surface area contributed by atoms with Crippen molar-refractivity contribution in [3.8, 4) is 0 Å². The van der Waals surface area contributed by atoms with Crippen LogP contribution in [0.1, 0.15) is 78.1 Å². The van der Waals surface area contributed by atoms with E-state index in [2.05, 4.69) is 19.9 Å². The van der Waals surface area contributed by atoms with Gasteiger partial charge in [-0.2, -0.15) is 0 Å². The molecule has 4 fully saturated rings. The quantitative estimate of drug-likeness (QED) is 0.720. The molecule has 0 aromatic carbocycles. The van der Waals surface area contributed by atoms with Crippen LogP contribution in [0.25, 0.3) is 0 Å². The van der Waals surface area contributed by atoms with E-state index in [0.29, 0.717) is 30.0 Å². The molecule has 0 aliphatic heterocycles.